The molecule has 0 atom stereocenters. The Morgan fingerprint density at radius 3 is 2.05 bits per heavy atom. The van der Waals surface area contributed by atoms with Crippen molar-refractivity contribution in [3.05, 3.63) is 47.3 Å². The average molecular weight is 252 g/mol. The van der Waals surface area contributed by atoms with Crippen molar-refractivity contribution in [1.82, 2.24) is 9.97 Å². The van der Waals surface area contributed by atoms with E-state index in [1.54, 1.807) is 0 Å². The van der Waals surface area contributed by atoms with E-state index < -0.39 is 0 Å². The highest BCUT2D eigenvalue weighted by molar-refractivity contribution is 5.56. The Balaban J connectivity index is 1.89. The van der Waals surface area contributed by atoms with Crippen molar-refractivity contribution < 1.29 is 0 Å². The lowest BCUT2D eigenvalue weighted by atomic mass is 9.96. The van der Waals surface area contributed by atoms with E-state index in [9.17, 15) is 0 Å². The van der Waals surface area contributed by atoms with E-state index >= 15 is 0 Å². The number of hydrogen-bond acceptors (Lipinski definition) is 2. The molecule has 1 saturated carbocycles. The molecular weight excluding hydrogens is 232 g/mol. The lowest BCUT2D eigenvalue weighted by Crippen LogP contribution is -1.96. The van der Waals surface area contributed by atoms with E-state index in [0.29, 0.717) is 0 Å². The normalized spacial score (nSPS) is 15.9. The van der Waals surface area contributed by atoms with Crippen LogP contribution in [0.25, 0.3) is 11.4 Å². The van der Waals surface area contributed by atoms with E-state index in [4.69, 9.17) is 0 Å². The minimum atomic E-state index is 0.772. The lowest BCUT2D eigenvalue weighted by molar-refractivity contribution is 0.723. The monoisotopic (exact) mass is 252 g/mol. The van der Waals surface area contributed by atoms with Crippen molar-refractivity contribution in [2.24, 2.45) is 0 Å². The number of nitrogens with zero attached hydrogens (tertiary/aromatic N) is 2. The van der Waals surface area contributed by atoms with Crippen LogP contribution in [0, 0.1) is 13.8 Å². The van der Waals surface area contributed by atoms with E-state index in [1.165, 1.54) is 31.2 Å². The largest absolute Gasteiger partial charge is 0.233 e. The smallest absolute Gasteiger partial charge is 0.159 e. The summed E-state index contributed by atoms with van der Waals surface area (Å²) in [4.78, 5) is 9.04. The Labute approximate surface area is 114 Å². The summed E-state index contributed by atoms with van der Waals surface area (Å²) in [5.74, 6) is 1.62. The minimum absolute atomic E-state index is 0.772. The fraction of sp³-hybridized carbons (Fsp3) is 0.412. The number of hydrogen-bond donors (Lipinski definition) is 0. The molecule has 0 spiro atoms. The second kappa shape index (κ2) is 5.12. The first-order valence-corrected chi connectivity index (χ1v) is 7.15. The van der Waals surface area contributed by atoms with Crippen molar-refractivity contribution >= 4 is 0 Å². The van der Waals surface area contributed by atoms with Gasteiger partial charge in [-0.1, -0.05) is 37.1 Å². The Hall–Kier alpha value is -1.70. The van der Waals surface area contributed by atoms with Crippen LogP contribution in [0.3, 0.4) is 0 Å². The summed E-state index contributed by atoms with van der Waals surface area (Å²) >= 11 is 0. The molecule has 1 aliphatic rings. The summed E-state index contributed by atoms with van der Waals surface area (Å²) in [6, 6.07) is 10.9. The minimum Gasteiger partial charge on any atom is -0.233 e. The summed E-state index contributed by atoms with van der Waals surface area (Å²) < 4.78 is 0. The molecule has 0 N–H and O–H groups in total. The zero-order valence-corrected chi connectivity index (χ0v) is 11.7. The van der Waals surface area contributed by atoms with Gasteiger partial charge in [0.15, 0.2) is 5.82 Å². The first kappa shape index (κ1) is 12.3. The van der Waals surface area contributed by atoms with Crippen LogP contribution in [0.15, 0.2) is 30.3 Å². The van der Waals surface area contributed by atoms with Crippen molar-refractivity contribution in [2.75, 3.05) is 0 Å². The number of aromatic nitrogens is 2. The first-order chi connectivity index (χ1) is 9.22. The van der Waals surface area contributed by atoms with Gasteiger partial charge in [-0.2, -0.15) is 0 Å². The van der Waals surface area contributed by atoms with Gasteiger partial charge in [0.2, 0.25) is 0 Å². The molecular formula is C17H20N2. The molecule has 0 amide bonds. The molecule has 0 bridgehead atoms. The summed E-state index contributed by atoms with van der Waals surface area (Å²) in [5.41, 5.74) is 4.66. The van der Waals surface area contributed by atoms with Gasteiger partial charge in [0.1, 0.15) is 0 Å². The maximum Gasteiger partial charge on any atom is 0.159 e. The molecule has 19 heavy (non-hydrogen) atoms. The number of benzene rings is 1. The van der Waals surface area contributed by atoms with Gasteiger partial charge in [-0.25, -0.2) is 9.97 Å². The zero-order valence-electron chi connectivity index (χ0n) is 11.7. The highest BCUT2D eigenvalue weighted by Gasteiger charge is 2.16. The van der Waals surface area contributed by atoms with Crippen LogP contribution in [-0.2, 0) is 0 Å². The van der Waals surface area contributed by atoms with Crippen molar-refractivity contribution in [3.8, 4) is 11.4 Å². The highest BCUT2D eigenvalue weighted by atomic mass is 14.9. The SMILES string of the molecule is Cc1cc(C)nc(-c2ccc(C3CCCC3)cc2)n1. The molecule has 1 fully saturated rings. The van der Waals surface area contributed by atoms with Gasteiger partial charge >= 0.3 is 0 Å². The molecule has 0 saturated heterocycles. The van der Waals surface area contributed by atoms with Crippen LogP contribution in [-0.4, -0.2) is 9.97 Å². The average Bonchev–Trinajstić information content (AvgIpc) is 2.91. The van der Waals surface area contributed by atoms with Crippen LogP contribution >= 0.6 is 0 Å². The number of aryl methyl sites for hydroxylation is 2. The summed E-state index contributed by atoms with van der Waals surface area (Å²) in [7, 11) is 0. The van der Waals surface area contributed by atoms with E-state index in [2.05, 4.69) is 34.2 Å². The van der Waals surface area contributed by atoms with Crippen LogP contribution in [0.4, 0.5) is 0 Å². The molecule has 0 aliphatic heterocycles. The summed E-state index contributed by atoms with van der Waals surface area (Å²) in [6.45, 7) is 4.04. The molecule has 1 aromatic heterocycles. The predicted octanol–water partition coefficient (Wildman–Crippen LogP) is 4.42. The number of rotatable bonds is 2. The molecule has 0 unspecified atom stereocenters. The Kier molecular flexibility index (Phi) is 3.33. The lowest BCUT2D eigenvalue weighted by Gasteiger charge is -2.10. The zero-order chi connectivity index (χ0) is 13.2. The Morgan fingerprint density at radius 1 is 0.895 bits per heavy atom. The van der Waals surface area contributed by atoms with Gasteiger partial charge in [-0.15, -0.1) is 0 Å². The summed E-state index contributed by atoms with van der Waals surface area (Å²) in [6.07, 6.45) is 5.46. The maximum atomic E-state index is 4.52. The molecule has 1 aromatic carbocycles. The summed E-state index contributed by atoms with van der Waals surface area (Å²) in [5, 5.41) is 0. The van der Waals surface area contributed by atoms with Gasteiger partial charge in [-0.3, -0.25) is 0 Å². The predicted molar refractivity (Wildman–Crippen MR) is 78.2 cm³/mol. The van der Waals surface area contributed by atoms with E-state index in [0.717, 1.165) is 28.7 Å². The van der Waals surface area contributed by atoms with Gasteiger partial charge in [0.05, 0.1) is 0 Å². The third-order valence-electron chi connectivity index (χ3n) is 3.98. The van der Waals surface area contributed by atoms with E-state index in [-0.39, 0.29) is 0 Å². The van der Waals surface area contributed by atoms with Crippen molar-refractivity contribution in [3.63, 3.8) is 0 Å². The quantitative estimate of drug-likeness (QED) is 0.790. The molecule has 98 valence electrons. The van der Waals surface area contributed by atoms with E-state index in [1.807, 2.05) is 19.9 Å². The Morgan fingerprint density at radius 2 is 1.47 bits per heavy atom. The van der Waals surface area contributed by atoms with Gasteiger partial charge in [-0.05, 0) is 44.2 Å². The molecule has 1 heterocycles. The van der Waals surface area contributed by atoms with Crippen molar-refractivity contribution in [2.45, 2.75) is 45.4 Å². The third-order valence-corrected chi connectivity index (χ3v) is 3.98. The third kappa shape index (κ3) is 2.67. The molecule has 2 aromatic rings. The maximum absolute atomic E-state index is 4.52. The van der Waals surface area contributed by atoms with Crippen molar-refractivity contribution in [1.29, 1.82) is 0 Å². The first-order valence-electron chi connectivity index (χ1n) is 7.15. The second-order valence-corrected chi connectivity index (χ2v) is 5.58. The van der Waals surface area contributed by atoms with Gasteiger partial charge < -0.3 is 0 Å². The van der Waals surface area contributed by atoms with Crippen LogP contribution < -0.4 is 0 Å². The van der Waals surface area contributed by atoms with Crippen LogP contribution in [0.5, 0.6) is 0 Å². The Bertz CT molecular complexity index is 546. The fourth-order valence-corrected chi connectivity index (χ4v) is 3.02. The molecule has 1 aliphatic carbocycles. The fourth-order valence-electron chi connectivity index (χ4n) is 3.02. The van der Waals surface area contributed by atoms with Crippen LogP contribution in [0.2, 0.25) is 0 Å². The molecule has 2 nitrogen and oxygen atoms in total. The standard InChI is InChI=1S/C17H20N2/c1-12-11-13(2)19-17(18-12)16-9-7-15(8-10-16)14-5-3-4-6-14/h7-11,14H,3-6H2,1-2H3. The topological polar surface area (TPSA) is 25.8 Å². The molecule has 0 radical (unpaired) electrons. The van der Waals surface area contributed by atoms with Gasteiger partial charge in [0.25, 0.3) is 0 Å². The van der Waals surface area contributed by atoms with Gasteiger partial charge in [0, 0.05) is 17.0 Å². The van der Waals surface area contributed by atoms with Crippen LogP contribution in [0.1, 0.15) is 48.6 Å². The molecule has 3 rings (SSSR count). The highest BCUT2D eigenvalue weighted by Crippen LogP contribution is 2.34. The molecule has 2 heteroatoms. The second-order valence-electron chi connectivity index (χ2n) is 5.58.